The molecule has 2 heterocycles. The Balaban J connectivity index is 1.59. The van der Waals surface area contributed by atoms with Gasteiger partial charge in [-0.25, -0.2) is 4.79 Å². The van der Waals surface area contributed by atoms with Crippen LogP contribution in [-0.4, -0.2) is 42.4 Å². The van der Waals surface area contributed by atoms with Crippen molar-refractivity contribution in [1.29, 1.82) is 0 Å². The summed E-state index contributed by atoms with van der Waals surface area (Å²) < 4.78 is 11.2. The lowest BCUT2D eigenvalue weighted by Crippen LogP contribution is -2.54. The summed E-state index contributed by atoms with van der Waals surface area (Å²) in [6.45, 7) is 8.40. The first kappa shape index (κ1) is 17.5. The van der Waals surface area contributed by atoms with Crippen molar-refractivity contribution < 1.29 is 19.1 Å². The fraction of sp³-hybridized carbons (Fsp3) is 0.889. The molecule has 1 saturated carbocycles. The summed E-state index contributed by atoms with van der Waals surface area (Å²) in [5, 5.41) is 5.97. The number of alkyl carbamates (subject to hydrolysis) is 1. The monoisotopic (exact) mass is 338 g/mol. The van der Waals surface area contributed by atoms with E-state index in [9.17, 15) is 9.59 Å². The van der Waals surface area contributed by atoms with Crippen molar-refractivity contribution in [3.8, 4) is 0 Å². The Morgan fingerprint density at radius 3 is 2.46 bits per heavy atom. The summed E-state index contributed by atoms with van der Waals surface area (Å²) in [5.74, 6) is -0.323. The third kappa shape index (κ3) is 3.68. The van der Waals surface area contributed by atoms with Crippen LogP contribution in [0.1, 0.15) is 59.8 Å². The highest BCUT2D eigenvalue weighted by Crippen LogP contribution is 2.41. The van der Waals surface area contributed by atoms with Crippen LogP contribution in [0.15, 0.2) is 0 Å². The van der Waals surface area contributed by atoms with Crippen molar-refractivity contribution in [2.45, 2.75) is 83.6 Å². The first-order chi connectivity index (χ1) is 11.2. The van der Waals surface area contributed by atoms with Gasteiger partial charge in [0.05, 0.1) is 24.2 Å². The van der Waals surface area contributed by atoms with Crippen molar-refractivity contribution >= 4 is 12.0 Å². The molecular weight excluding hydrogens is 308 g/mol. The maximum atomic E-state index is 12.7. The summed E-state index contributed by atoms with van der Waals surface area (Å²) in [4.78, 5) is 24.8. The summed E-state index contributed by atoms with van der Waals surface area (Å²) in [6.07, 6.45) is 4.68. The van der Waals surface area contributed by atoms with Crippen LogP contribution in [0.5, 0.6) is 0 Å². The van der Waals surface area contributed by atoms with Gasteiger partial charge in [0.1, 0.15) is 5.60 Å². The first-order valence-corrected chi connectivity index (χ1v) is 9.10. The Hall–Kier alpha value is -1.30. The Morgan fingerprint density at radius 2 is 1.88 bits per heavy atom. The number of fused-ring (bicyclic) bond motifs is 2. The third-order valence-corrected chi connectivity index (χ3v) is 5.51. The van der Waals surface area contributed by atoms with Crippen LogP contribution >= 0.6 is 0 Å². The summed E-state index contributed by atoms with van der Waals surface area (Å²) in [5.41, 5.74) is -0.318. The van der Waals surface area contributed by atoms with Crippen molar-refractivity contribution in [2.75, 3.05) is 6.54 Å². The molecule has 0 spiro atoms. The maximum Gasteiger partial charge on any atom is 0.407 e. The normalized spacial score (nSPS) is 33.7. The molecule has 3 fully saturated rings. The van der Waals surface area contributed by atoms with Crippen LogP contribution in [0.4, 0.5) is 4.79 Å². The van der Waals surface area contributed by atoms with E-state index in [0.29, 0.717) is 6.54 Å². The Morgan fingerprint density at radius 1 is 1.21 bits per heavy atom. The number of ether oxygens (including phenoxy) is 2. The van der Waals surface area contributed by atoms with Crippen LogP contribution in [0.2, 0.25) is 0 Å². The molecule has 3 rings (SSSR count). The van der Waals surface area contributed by atoms with Crippen molar-refractivity contribution in [1.82, 2.24) is 10.6 Å². The fourth-order valence-corrected chi connectivity index (χ4v) is 4.01. The molecular formula is C18H30N2O4. The van der Waals surface area contributed by atoms with E-state index in [2.05, 4.69) is 17.6 Å². The quantitative estimate of drug-likeness (QED) is 0.825. The van der Waals surface area contributed by atoms with Gasteiger partial charge >= 0.3 is 6.09 Å². The Bertz CT molecular complexity index is 510. The largest absolute Gasteiger partial charge is 0.444 e. The topological polar surface area (TPSA) is 76.7 Å². The van der Waals surface area contributed by atoms with Gasteiger partial charge < -0.3 is 20.1 Å². The molecule has 4 atom stereocenters. The van der Waals surface area contributed by atoms with E-state index >= 15 is 0 Å². The lowest BCUT2D eigenvalue weighted by atomic mass is 9.70. The number of carbonyl (C=O) groups is 2. The number of nitrogens with one attached hydrogen (secondary N) is 2. The van der Waals surface area contributed by atoms with Crippen LogP contribution < -0.4 is 10.6 Å². The average molecular weight is 338 g/mol. The molecule has 2 aliphatic heterocycles. The molecule has 136 valence electrons. The predicted molar refractivity (Wildman–Crippen MR) is 89.5 cm³/mol. The van der Waals surface area contributed by atoms with Gasteiger partial charge in [0.2, 0.25) is 5.91 Å². The van der Waals surface area contributed by atoms with Gasteiger partial charge in [-0.15, -0.1) is 0 Å². The van der Waals surface area contributed by atoms with E-state index in [0.717, 1.165) is 12.8 Å². The Kier molecular flexibility index (Phi) is 4.53. The zero-order chi connectivity index (χ0) is 17.5. The summed E-state index contributed by atoms with van der Waals surface area (Å²) >= 11 is 0. The smallest absolute Gasteiger partial charge is 0.407 e. The van der Waals surface area contributed by atoms with Gasteiger partial charge in [0, 0.05) is 6.54 Å². The highest BCUT2D eigenvalue weighted by molar-refractivity contribution is 5.82. The summed E-state index contributed by atoms with van der Waals surface area (Å²) in [6, 6.07) is -0.298. The molecule has 3 aliphatic rings. The average Bonchev–Trinajstić information content (AvgIpc) is 3.01. The number of hydrogen-bond donors (Lipinski definition) is 2. The Labute approximate surface area is 144 Å². The second kappa shape index (κ2) is 6.21. The van der Waals surface area contributed by atoms with E-state index in [1.807, 2.05) is 20.8 Å². The minimum absolute atomic E-state index is 0.00335. The van der Waals surface area contributed by atoms with Gasteiger partial charge in [-0.2, -0.15) is 0 Å². The molecule has 0 aromatic rings. The lowest BCUT2D eigenvalue weighted by molar-refractivity contribution is -0.127. The molecule has 1 aliphatic carbocycles. The molecule has 6 nitrogen and oxygen atoms in total. The highest BCUT2D eigenvalue weighted by atomic mass is 16.6. The predicted octanol–water partition coefficient (Wildman–Crippen LogP) is 2.36. The van der Waals surface area contributed by atoms with E-state index in [1.54, 1.807) is 0 Å². The van der Waals surface area contributed by atoms with E-state index in [-0.39, 0.29) is 35.5 Å². The lowest BCUT2D eigenvalue weighted by Gasteiger charge is -2.39. The number of amides is 2. The minimum Gasteiger partial charge on any atom is -0.444 e. The number of hydrogen-bond acceptors (Lipinski definition) is 4. The molecule has 6 heteroatoms. The molecule has 0 aromatic carbocycles. The van der Waals surface area contributed by atoms with Gasteiger partial charge in [0.25, 0.3) is 0 Å². The first-order valence-electron chi connectivity index (χ1n) is 9.10. The maximum absolute atomic E-state index is 12.7. The van der Waals surface area contributed by atoms with Crippen LogP contribution in [0.25, 0.3) is 0 Å². The van der Waals surface area contributed by atoms with Gasteiger partial charge in [-0.1, -0.05) is 13.3 Å². The summed E-state index contributed by atoms with van der Waals surface area (Å²) in [7, 11) is 0. The fourth-order valence-electron chi connectivity index (χ4n) is 4.01. The second-order valence-electron chi connectivity index (χ2n) is 8.87. The van der Waals surface area contributed by atoms with Crippen molar-refractivity contribution in [2.24, 2.45) is 11.3 Å². The molecule has 2 saturated heterocycles. The van der Waals surface area contributed by atoms with E-state index in [4.69, 9.17) is 9.47 Å². The van der Waals surface area contributed by atoms with Gasteiger partial charge in [0.15, 0.2) is 0 Å². The molecule has 0 unspecified atom stereocenters. The number of rotatable bonds is 4. The van der Waals surface area contributed by atoms with Crippen LogP contribution in [-0.2, 0) is 14.3 Å². The third-order valence-electron chi connectivity index (χ3n) is 5.51. The van der Waals surface area contributed by atoms with Gasteiger partial charge in [-0.05, 0) is 51.9 Å². The standard InChI is InChI=1S/C18H30N2O4/c1-17(2,3)24-16(22)20-14-12-7-6-11(23-12)13(14)15(21)19-10-18(4)8-5-9-18/h11-14H,5-10H2,1-4H3,(H,19,21)(H,20,22)/t11-,12+,13-,14+/m0/s1. The van der Waals surface area contributed by atoms with Crippen LogP contribution in [0, 0.1) is 11.3 Å². The molecule has 2 amide bonds. The molecule has 0 radical (unpaired) electrons. The second-order valence-corrected chi connectivity index (χ2v) is 8.87. The van der Waals surface area contributed by atoms with Crippen LogP contribution in [0.3, 0.4) is 0 Å². The number of carbonyl (C=O) groups excluding carboxylic acids is 2. The molecule has 2 N–H and O–H groups in total. The van der Waals surface area contributed by atoms with E-state index < -0.39 is 11.7 Å². The van der Waals surface area contributed by atoms with Gasteiger partial charge in [-0.3, -0.25) is 4.79 Å². The zero-order valence-electron chi connectivity index (χ0n) is 15.2. The molecule has 0 aromatic heterocycles. The van der Waals surface area contributed by atoms with Crippen molar-refractivity contribution in [3.05, 3.63) is 0 Å². The molecule has 24 heavy (non-hydrogen) atoms. The highest BCUT2D eigenvalue weighted by Gasteiger charge is 2.53. The SMILES string of the molecule is CC1(CNC(=O)[C@@H]2[C@H](NC(=O)OC(C)(C)C)[C@H]3CC[C@@H]2O3)CCC1. The zero-order valence-corrected chi connectivity index (χ0v) is 15.2. The minimum atomic E-state index is -0.556. The molecule has 2 bridgehead atoms. The van der Waals surface area contributed by atoms with E-state index in [1.165, 1.54) is 19.3 Å². The van der Waals surface area contributed by atoms with Crippen molar-refractivity contribution in [3.63, 3.8) is 0 Å².